The maximum absolute atomic E-state index is 14.6. The first-order valence-electron chi connectivity index (χ1n) is 11.6. The number of benzene rings is 3. The Morgan fingerprint density at radius 1 is 1.06 bits per heavy atom. The Balaban J connectivity index is 1.49. The van der Waals surface area contributed by atoms with Gasteiger partial charge in [-0.05, 0) is 49.6 Å². The smallest absolute Gasteiger partial charge is 0.242 e. The summed E-state index contributed by atoms with van der Waals surface area (Å²) in [5.74, 6) is 0.555. The zero-order valence-corrected chi connectivity index (χ0v) is 20.0. The van der Waals surface area contributed by atoms with Crippen molar-refractivity contribution in [1.82, 2.24) is 14.8 Å². The Morgan fingerprint density at radius 3 is 2.51 bits per heavy atom. The molecule has 1 fully saturated rings. The van der Waals surface area contributed by atoms with Crippen molar-refractivity contribution in [3.63, 3.8) is 0 Å². The minimum atomic E-state index is -0.596. The maximum Gasteiger partial charge on any atom is 0.242 e. The fourth-order valence-electron chi connectivity index (χ4n) is 3.90. The molecule has 0 unspecified atom stereocenters. The van der Waals surface area contributed by atoms with Crippen LogP contribution in [0.25, 0.3) is 11.4 Å². The highest BCUT2D eigenvalue weighted by atomic mass is 32.2. The Kier molecular flexibility index (Phi) is 6.81. The van der Waals surface area contributed by atoms with Crippen molar-refractivity contribution < 1.29 is 13.9 Å². The van der Waals surface area contributed by atoms with E-state index in [0.717, 1.165) is 18.4 Å². The third-order valence-electron chi connectivity index (χ3n) is 5.70. The lowest BCUT2D eigenvalue weighted by Gasteiger charge is -2.19. The van der Waals surface area contributed by atoms with Crippen LogP contribution in [0.4, 0.5) is 10.1 Å². The number of nitrogens with zero attached hydrogens (tertiary/aromatic N) is 3. The van der Waals surface area contributed by atoms with Crippen LogP contribution in [-0.4, -0.2) is 27.3 Å². The molecule has 1 atom stereocenters. The summed E-state index contributed by atoms with van der Waals surface area (Å²) in [7, 11) is 0. The number of hydrogen-bond donors (Lipinski definition) is 1. The van der Waals surface area contributed by atoms with Gasteiger partial charge in [0, 0.05) is 6.04 Å². The molecule has 8 heteroatoms. The van der Waals surface area contributed by atoms with Crippen molar-refractivity contribution in [1.29, 1.82) is 0 Å². The van der Waals surface area contributed by atoms with Gasteiger partial charge in [0.2, 0.25) is 5.91 Å². The summed E-state index contributed by atoms with van der Waals surface area (Å²) >= 11 is 1.32. The minimum Gasteiger partial charge on any atom is -0.492 e. The van der Waals surface area contributed by atoms with Crippen molar-refractivity contribution in [3.05, 3.63) is 90.2 Å². The molecule has 0 aliphatic heterocycles. The summed E-state index contributed by atoms with van der Waals surface area (Å²) < 4.78 is 22.2. The van der Waals surface area contributed by atoms with Crippen LogP contribution in [0.5, 0.6) is 5.75 Å². The largest absolute Gasteiger partial charge is 0.492 e. The van der Waals surface area contributed by atoms with Crippen LogP contribution < -0.4 is 10.1 Å². The number of carbonyl (C=O) groups excluding carboxylic acids is 1. The second-order valence-corrected chi connectivity index (χ2v) is 9.29. The second-order valence-electron chi connectivity index (χ2n) is 8.21. The highest BCUT2D eigenvalue weighted by molar-refractivity contribution is 8.00. The number of hydrogen-bond acceptors (Lipinski definition) is 5. The number of amides is 1. The van der Waals surface area contributed by atoms with Crippen molar-refractivity contribution >= 4 is 23.4 Å². The van der Waals surface area contributed by atoms with Gasteiger partial charge < -0.3 is 10.1 Å². The standard InChI is InChI=1S/C27H25FN4O2S/c1-2-34-23-15-9-8-14-22(23)29-26(33)24(18-10-4-3-5-11-18)35-27-31-30-25(32(27)19-16-17-19)20-12-6-7-13-21(20)28/h3-15,19,24H,2,16-17H2,1H3,(H,29,33)/t24-/m0/s1. The molecule has 1 heterocycles. The van der Waals surface area contributed by atoms with Gasteiger partial charge >= 0.3 is 0 Å². The zero-order valence-electron chi connectivity index (χ0n) is 19.2. The molecule has 0 spiro atoms. The van der Waals surface area contributed by atoms with Crippen LogP contribution in [0.2, 0.25) is 0 Å². The van der Waals surface area contributed by atoms with Gasteiger partial charge in [-0.25, -0.2) is 4.39 Å². The zero-order chi connectivity index (χ0) is 24.2. The van der Waals surface area contributed by atoms with Crippen molar-refractivity contribution in [2.45, 2.75) is 36.2 Å². The van der Waals surface area contributed by atoms with Crippen LogP contribution in [0.3, 0.4) is 0 Å². The van der Waals surface area contributed by atoms with E-state index in [1.54, 1.807) is 18.2 Å². The van der Waals surface area contributed by atoms with E-state index in [2.05, 4.69) is 15.5 Å². The third-order valence-corrected chi connectivity index (χ3v) is 6.91. The number of halogens is 1. The second kappa shape index (κ2) is 10.3. The van der Waals surface area contributed by atoms with E-state index in [-0.39, 0.29) is 17.8 Å². The Morgan fingerprint density at radius 2 is 1.77 bits per heavy atom. The molecule has 0 bridgehead atoms. The summed E-state index contributed by atoms with van der Waals surface area (Å²) in [5.41, 5.74) is 1.85. The van der Waals surface area contributed by atoms with Crippen molar-refractivity contribution in [3.8, 4) is 17.1 Å². The SMILES string of the molecule is CCOc1ccccc1NC(=O)[C@@H](Sc1nnc(-c2ccccc2F)n1C1CC1)c1ccccc1. The lowest BCUT2D eigenvalue weighted by Crippen LogP contribution is -2.20. The molecule has 1 amide bonds. The van der Waals surface area contributed by atoms with E-state index in [1.165, 1.54) is 17.8 Å². The summed E-state index contributed by atoms with van der Waals surface area (Å²) in [5, 5.41) is 11.8. The number of aromatic nitrogens is 3. The minimum absolute atomic E-state index is 0.195. The monoisotopic (exact) mass is 488 g/mol. The summed E-state index contributed by atoms with van der Waals surface area (Å²) in [6, 6.07) is 23.7. The van der Waals surface area contributed by atoms with Gasteiger partial charge in [0.25, 0.3) is 0 Å². The van der Waals surface area contributed by atoms with Crippen LogP contribution in [-0.2, 0) is 4.79 Å². The molecule has 1 aliphatic rings. The normalized spacial score (nSPS) is 13.9. The predicted octanol–water partition coefficient (Wildman–Crippen LogP) is 6.29. The molecule has 0 saturated heterocycles. The average molecular weight is 489 g/mol. The van der Waals surface area contributed by atoms with Crippen LogP contribution in [0.15, 0.2) is 84.0 Å². The topological polar surface area (TPSA) is 69.0 Å². The molecular formula is C27H25FN4O2S. The van der Waals surface area contributed by atoms with Crippen LogP contribution in [0.1, 0.15) is 36.6 Å². The van der Waals surface area contributed by atoms with E-state index in [1.807, 2.05) is 66.1 Å². The lowest BCUT2D eigenvalue weighted by molar-refractivity contribution is -0.115. The molecular weight excluding hydrogens is 463 g/mol. The molecule has 6 nitrogen and oxygen atoms in total. The first-order valence-corrected chi connectivity index (χ1v) is 12.5. The van der Waals surface area contributed by atoms with Gasteiger partial charge in [-0.3, -0.25) is 9.36 Å². The molecule has 3 aromatic carbocycles. The predicted molar refractivity (Wildman–Crippen MR) is 135 cm³/mol. The van der Waals surface area contributed by atoms with Crippen LogP contribution >= 0.6 is 11.8 Å². The highest BCUT2D eigenvalue weighted by Crippen LogP contribution is 2.44. The summed E-state index contributed by atoms with van der Waals surface area (Å²) in [6.45, 7) is 2.39. The number of ether oxygens (including phenoxy) is 1. The van der Waals surface area contributed by atoms with Gasteiger partial charge in [0.15, 0.2) is 11.0 Å². The average Bonchev–Trinajstić information content (AvgIpc) is 3.64. The van der Waals surface area contributed by atoms with Gasteiger partial charge in [0.1, 0.15) is 16.8 Å². The molecule has 1 N–H and O–H groups in total. The Labute approximate surface area is 207 Å². The van der Waals surface area contributed by atoms with Gasteiger partial charge in [-0.2, -0.15) is 0 Å². The first kappa shape index (κ1) is 23.1. The van der Waals surface area contributed by atoms with E-state index >= 15 is 0 Å². The van der Waals surface area contributed by atoms with E-state index in [0.29, 0.717) is 34.6 Å². The third kappa shape index (κ3) is 5.07. The van der Waals surface area contributed by atoms with Gasteiger partial charge in [-0.15, -0.1) is 10.2 Å². The molecule has 1 aromatic heterocycles. The summed E-state index contributed by atoms with van der Waals surface area (Å²) in [4.78, 5) is 13.6. The number of rotatable bonds is 9. The Hall–Kier alpha value is -3.65. The summed E-state index contributed by atoms with van der Waals surface area (Å²) in [6.07, 6.45) is 1.94. The van der Waals surface area contributed by atoms with Gasteiger partial charge in [0.05, 0.1) is 17.9 Å². The number of thioether (sulfide) groups is 1. The maximum atomic E-state index is 14.6. The highest BCUT2D eigenvalue weighted by Gasteiger charge is 2.33. The lowest BCUT2D eigenvalue weighted by atomic mass is 10.1. The van der Waals surface area contributed by atoms with E-state index in [9.17, 15) is 9.18 Å². The molecule has 1 saturated carbocycles. The van der Waals surface area contributed by atoms with Crippen molar-refractivity contribution in [2.24, 2.45) is 0 Å². The fraction of sp³-hybridized carbons (Fsp3) is 0.222. The van der Waals surface area contributed by atoms with Crippen LogP contribution in [0, 0.1) is 5.82 Å². The van der Waals surface area contributed by atoms with E-state index in [4.69, 9.17) is 4.74 Å². The number of anilines is 1. The molecule has 35 heavy (non-hydrogen) atoms. The first-order chi connectivity index (χ1) is 17.2. The molecule has 0 radical (unpaired) electrons. The van der Waals surface area contributed by atoms with E-state index < -0.39 is 5.25 Å². The van der Waals surface area contributed by atoms with Crippen molar-refractivity contribution in [2.75, 3.05) is 11.9 Å². The molecule has 1 aliphatic carbocycles. The Bertz CT molecular complexity index is 1320. The fourth-order valence-corrected chi connectivity index (χ4v) is 5.01. The number of nitrogens with one attached hydrogen (secondary N) is 1. The van der Waals surface area contributed by atoms with Gasteiger partial charge in [-0.1, -0.05) is 66.4 Å². The quantitative estimate of drug-likeness (QED) is 0.281. The molecule has 4 aromatic rings. The number of carbonyl (C=O) groups is 1. The number of para-hydroxylation sites is 2. The molecule has 5 rings (SSSR count). The molecule has 178 valence electrons.